The molecule has 5 nitrogen and oxygen atoms in total. The zero-order chi connectivity index (χ0) is 13.9. The quantitative estimate of drug-likeness (QED) is 0.829. The standard InChI is InChI=1S/C11H10N2O.C3H6O2/c14-11(10-7-4-8-12-10)13-9-5-2-1-3-6-9;1-2-5-3-4/h1-8,12H,(H,13,14);3H,2H2,1H3. The lowest BCUT2D eigenvalue weighted by molar-refractivity contribution is -0.128. The van der Waals surface area contributed by atoms with Crippen LogP contribution in [0.3, 0.4) is 0 Å². The highest BCUT2D eigenvalue weighted by atomic mass is 16.5. The minimum atomic E-state index is -0.124. The molecule has 0 radical (unpaired) electrons. The molecule has 0 spiro atoms. The highest BCUT2D eigenvalue weighted by Crippen LogP contribution is 2.06. The number of amides is 1. The van der Waals surface area contributed by atoms with Crippen LogP contribution in [0, 0.1) is 0 Å². The zero-order valence-electron chi connectivity index (χ0n) is 10.6. The number of ether oxygens (including phenoxy) is 1. The first kappa shape index (κ1) is 14.5. The minimum Gasteiger partial charge on any atom is -0.468 e. The number of carbonyl (C=O) groups excluding carboxylic acids is 2. The maximum atomic E-state index is 11.5. The molecule has 5 heteroatoms. The van der Waals surface area contributed by atoms with E-state index in [0.717, 1.165) is 5.69 Å². The Morgan fingerprint density at radius 3 is 2.47 bits per heavy atom. The molecular formula is C14H16N2O3. The molecule has 0 saturated heterocycles. The van der Waals surface area contributed by atoms with Gasteiger partial charge in [-0.2, -0.15) is 0 Å². The van der Waals surface area contributed by atoms with Crippen molar-refractivity contribution in [1.82, 2.24) is 4.98 Å². The summed E-state index contributed by atoms with van der Waals surface area (Å²) in [6.45, 7) is 2.66. The fourth-order valence-electron chi connectivity index (χ4n) is 1.26. The van der Waals surface area contributed by atoms with Crippen LogP contribution in [0.5, 0.6) is 0 Å². The van der Waals surface area contributed by atoms with E-state index >= 15 is 0 Å². The van der Waals surface area contributed by atoms with Gasteiger partial charge in [0, 0.05) is 11.9 Å². The normalized spacial score (nSPS) is 8.89. The average molecular weight is 260 g/mol. The molecule has 1 amide bonds. The first-order valence-electron chi connectivity index (χ1n) is 5.83. The third kappa shape index (κ3) is 5.54. The second kappa shape index (κ2) is 8.52. The molecule has 2 N–H and O–H groups in total. The van der Waals surface area contributed by atoms with E-state index in [0.29, 0.717) is 18.8 Å². The number of nitrogens with one attached hydrogen (secondary N) is 2. The number of carbonyl (C=O) groups is 2. The summed E-state index contributed by atoms with van der Waals surface area (Å²) in [7, 11) is 0. The van der Waals surface area contributed by atoms with Crippen LogP contribution in [0.2, 0.25) is 0 Å². The van der Waals surface area contributed by atoms with Crippen molar-refractivity contribution in [2.24, 2.45) is 0 Å². The lowest BCUT2D eigenvalue weighted by Gasteiger charge is -2.02. The van der Waals surface area contributed by atoms with Crippen molar-refractivity contribution in [3.05, 3.63) is 54.4 Å². The molecule has 1 heterocycles. The molecule has 19 heavy (non-hydrogen) atoms. The van der Waals surface area contributed by atoms with Crippen LogP contribution in [0.4, 0.5) is 5.69 Å². The van der Waals surface area contributed by atoms with E-state index < -0.39 is 0 Å². The molecular weight excluding hydrogens is 244 g/mol. The summed E-state index contributed by atoms with van der Waals surface area (Å²) in [6, 6.07) is 12.9. The predicted octanol–water partition coefficient (Wildman–Crippen LogP) is 2.45. The second-order valence-electron chi connectivity index (χ2n) is 3.46. The van der Waals surface area contributed by atoms with Crippen LogP contribution in [0.15, 0.2) is 48.7 Å². The molecule has 0 atom stereocenters. The highest BCUT2D eigenvalue weighted by molar-refractivity contribution is 6.02. The molecule has 2 rings (SSSR count). The van der Waals surface area contributed by atoms with E-state index in [2.05, 4.69) is 15.0 Å². The monoisotopic (exact) mass is 260 g/mol. The fraction of sp³-hybridized carbons (Fsp3) is 0.143. The Morgan fingerprint density at radius 1 is 1.26 bits per heavy atom. The smallest absolute Gasteiger partial charge is 0.293 e. The number of anilines is 1. The average Bonchev–Trinajstić information content (AvgIpc) is 2.95. The van der Waals surface area contributed by atoms with E-state index in [1.54, 1.807) is 25.3 Å². The molecule has 0 fully saturated rings. The van der Waals surface area contributed by atoms with E-state index in [9.17, 15) is 9.59 Å². The van der Waals surface area contributed by atoms with E-state index in [-0.39, 0.29) is 5.91 Å². The van der Waals surface area contributed by atoms with Crippen molar-refractivity contribution in [3.8, 4) is 0 Å². The Hall–Kier alpha value is -2.56. The van der Waals surface area contributed by atoms with Crippen LogP contribution >= 0.6 is 0 Å². The van der Waals surface area contributed by atoms with Crippen molar-refractivity contribution in [3.63, 3.8) is 0 Å². The Bertz CT molecular complexity index is 481. The van der Waals surface area contributed by atoms with Crippen molar-refractivity contribution in [2.75, 3.05) is 11.9 Å². The zero-order valence-corrected chi connectivity index (χ0v) is 10.6. The lowest BCUT2D eigenvalue weighted by atomic mass is 10.3. The minimum absolute atomic E-state index is 0.124. The Balaban J connectivity index is 0.000000312. The number of aromatic amines is 1. The van der Waals surface area contributed by atoms with Gasteiger partial charge in [-0.05, 0) is 31.2 Å². The summed E-state index contributed by atoms with van der Waals surface area (Å²) >= 11 is 0. The molecule has 0 saturated carbocycles. The third-order valence-electron chi connectivity index (χ3n) is 2.11. The van der Waals surface area contributed by atoms with Crippen molar-refractivity contribution in [1.29, 1.82) is 0 Å². The van der Waals surface area contributed by atoms with Gasteiger partial charge in [-0.15, -0.1) is 0 Å². The molecule has 0 aliphatic rings. The van der Waals surface area contributed by atoms with E-state index in [4.69, 9.17) is 0 Å². The maximum absolute atomic E-state index is 11.5. The van der Waals surface area contributed by atoms with Gasteiger partial charge in [-0.25, -0.2) is 0 Å². The van der Waals surface area contributed by atoms with Crippen molar-refractivity contribution < 1.29 is 14.3 Å². The number of benzene rings is 1. The molecule has 1 aromatic heterocycles. The van der Waals surface area contributed by atoms with Crippen LogP contribution in [-0.4, -0.2) is 24.0 Å². The van der Waals surface area contributed by atoms with Gasteiger partial charge in [0.05, 0.1) is 6.61 Å². The molecule has 0 unspecified atom stereocenters. The molecule has 1 aromatic carbocycles. The third-order valence-corrected chi connectivity index (χ3v) is 2.11. The van der Waals surface area contributed by atoms with Crippen LogP contribution in [0.25, 0.3) is 0 Å². The van der Waals surface area contributed by atoms with Gasteiger partial charge in [0.2, 0.25) is 0 Å². The number of aromatic nitrogens is 1. The molecule has 0 bridgehead atoms. The molecule has 0 aliphatic carbocycles. The maximum Gasteiger partial charge on any atom is 0.293 e. The number of para-hydroxylation sites is 1. The Kier molecular flexibility index (Phi) is 6.50. The van der Waals surface area contributed by atoms with Gasteiger partial charge < -0.3 is 15.0 Å². The van der Waals surface area contributed by atoms with Gasteiger partial charge in [-0.1, -0.05) is 18.2 Å². The largest absolute Gasteiger partial charge is 0.468 e. The van der Waals surface area contributed by atoms with Crippen LogP contribution in [-0.2, 0) is 9.53 Å². The van der Waals surface area contributed by atoms with Crippen LogP contribution in [0.1, 0.15) is 17.4 Å². The van der Waals surface area contributed by atoms with Gasteiger partial charge in [0.1, 0.15) is 5.69 Å². The summed E-state index contributed by atoms with van der Waals surface area (Å²) in [5.74, 6) is -0.124. The van der Waals surface area contributed by atoms with Crippen LogP contribution < -0.4 is 5.32 Å². The van der Waals surface area contributed by atoms with Crippen molar-refractivity contribution >= 4 is 18.1 Å². The van der Waals surface area contributed by atoms with E-state index in [1.807, 2.05) is 30.3 Å². The summed E-state index contributed by atoms with van der Waals surface area (Å²) < 4.78 is 4.15. The SMILES string of the molecule is CCOC=O.O=C(Nc1ccccc1)c1ccc[nH]1. The Labute approximate surface area is 111 Å². The lowest BCUT2D eigenvalue weighted by Crippen LogP contribution is -2.11. The van der Waals surface area contributed by atoms with Gasteiger partial charge in [0.25, 0.3) is 12.4 Å². The van der Waals surface area contributed by atoms with Gasteiger partial charge in [-0.3, -0.25) is 9.59 Å². The molecule has 0 aliphatic heterocycles. The molecule has 2 aromatic rings. The number of hydrogen-bond acceptors (Lipinski definition) is 3. The Morgan fingerprint density at radius 2 is 2.00 bits per heavy atom. The topological polar surface area (TPSA) is 71.2 Å². The number of H-pyrrole nitrogens is 1. The highest BCUT2D eigenvalue weighted by Gasteiger charge is 2.04. The number of hydrogen-bond donors (Lipinski definition) is 2. The van der Waals surface area contributed by atoms with Gasteiger partial charge >= 0.3 is 0 Å². The van der Waals surface area contributed by atoms with Gasteiger partial charge in [0.15, 0.2) is 0 Å². The predicted molar refractivity (Wildman–Crippen MR) is 72.9 cm³/mol. The summed E-state index contributed by atoms with van der Waals surface area (Å²) in [5.41, 5.74) is 1.36. The number of rotatable bonds is 4. The summed E-state index contributed by atoms with van der Waals surface area (Å²) in [4.78, 5) is 23.6. The first-order chi connectivity index (χ1) is 9.27. The second-order valence-corrected chi connectivity index (χ2v) is 3.46. The fourth-order valence-corrected chi connectivity index (χ4v) is 1.26. The summed E-state index contributed by atoms with van der Waals surface area (Å²) in [6.07, 6.45) is 1.72. The van der Waals surface area contributed by atoms with E-state index in [1.165, 1.54) is 0 Å². The summed E-state index contributed by atoms with van der Waals surface area (Å²) in [5, 5.41) is 2.77. The first-order valence-corrected chi connectivity index (χ1v) is 5.83. The molecule has 100 valence electrons. The van der Waals surface area contributed by atoms with Crippen molar-refractivity contribution in [2.45, 2.75) is 6.92 Å².